The van der Waals surface area contributed by atoms with Crippen molar-refractivity contribution in [2.45, 2.75) is 65.1 Å². The van der Waals surface area contributed by atoms with Crippen molar-refractivity contribution in [3.8, 4) is 0 Å². The van der Waals surface area contributed by atoms with E-state index < -0.39 is 5.60 Å². The van der Waals surface area contributed by atoms with Gasteiger partial charge in [0, 0.05) is 0 Å². The zero-order valence-electron chi connectivity index (χ0n) is 9.67. The molecule has 3 nitrogen and oxygen atoms in total. The third-order valence-corrected chi connectivity index (χ3v) is 1.87. The average Bonchev–Trinajstić information content (AvgIpc) is 1.96. The number of esters is 1. The minimum absolute atomic E-state index is 0.0372. The van der Waals surface area contributed by atoms with Crippen LogP contribution in [0.4, 0.5) is 0 Å². The van der Waals surface area contributed by atoms with E-state index in [1.807, 2.05) is 6.92 Å². The molecule has 0 aliphatic heterocycles. The fourth-order valence-corrected chi connectivity index (χ4v) is 1.17. The summed E-state index contributed by atoms with van der Waals surface area (Å²) < 4.78 is 5.13. The van der Waals surface area contributed by atoms with Crippen LogP contribution in [0.15, 0.2) is 0 Å². The van der Waals surface area contributed by atoms with Crippen LogP contribution in [0.1, 0.15) is 53.4 Å². The summed E-state index contributed by atoms with van der Waals surface area (Å²) in [4.78, 5) is 11.3. The molecular weight excluding hydrogens is 180 g/mol. The Morgan fingerprint density at radius 3 is 2.50 bits per heavy atom. The highest BCUT2D eigenvalue weighted by Gasteiger charge is 2.20. The van der Waals surface area contributed by atoms with Gasteiger partial charge in [-0.15, -0.1) is 0 Å². The number of unbranched alkanes of at least 4 members (excludes halogenated alkanes) is 1. The Labute approximate surface area is 86.5 Å². The first-order valence-electron chi connectivity index (χ1n) is 5.27. The lowest BCUT2D eigenvalue weighted by atomic mass is 10.1. The van der Waals surface area contributed by atoms with E-state index in [1.54, 1.807) is 13.8 Å². The lowest BCUT2D eigenvalue weighted by molar-refractivity contribution is -0.152. The van der Waals surface area contributed by atoms with Crippen molar-refractivity contribution >= 4 is 5.97 Å². The van der Waals surface area contributed by atoms with E-state index in [2.05, 4.69) is 6.92 Å². The Hall–Kier alpha value is -0.570. The van der Waals surface area contributed by atoms with E-state index in [0.717, 1.165) is 19.3 Å². The van der Waals surface area contributed by atoms with Gasteiger partial charge < -0.3 is 9.84 Å². The number of hydrogen-bond acceptors (Lipinski definition) is 3. The van der Waals surface area contributed by atoms with Gasteiger partial charge in [0.25, 0.3) is 0 Å². The van der Waals surface area contributed by atoms with Gasteiger partial charge in [0.05, 0.1) is 18.1 Å². The molecule has 0 rings (SSSR count). The van der Waals surface area contributed by atoms with Crippen LogP contribution in [0.25, 0.3) is 0 Å². The molecule has 0 amide bonds. The van der Waals surface area contributed by atoms with Gasteiger partial charge in [-0.1, -0.05) is 19.8 Å². The summed E-state index contributed by atoms with van der Waals surface area (Å²) in [6.45, 7) is 7.19. The second kappa shape index (κ2) is 6.02. The molecule has 84 valence electrons. The van der Waals surface area contributed by atoms with Crippen molar-refractivity contribution in [3.05, 3.63) is 0 Å². The lowest BCUT2D eigenvalue weighted by Crippen LogP contribution is -2.26. The first-order valence-corrected chi connectivity index (χ1v) is 5.27. The maximum absolute atomic E-state index is 11.3. The van der Waals surface area contributed by atoms with Crippen LogP contribution >= 0.6 is 0 Å². The highest BCUT2D eigenvalue weighted by Crippen LogP contribution is 2.11. The molecule has 1 atom stereocenters. The number of aliphatic hydroxyl groups is 1. The summed E-state index contributed by atoms with van der Waals surface area (Å²) in [6, 6.07) is 0. The normalized spacial score (nSPS) is 13.8. The molecule has 14 heavy (non-hydrogen) atoms. The number of carbonyl (C=O) groups excluding carboxylic acids is 1. The Bertz CT molecular complexity index is 170. The van der Waals surface area contributed by atoms with Crippen molar-refractivity contribution in [3.63, 3.8) is 0 Å². The number of hydrogen-bond donors (Lipinski definition) is 1. The molecule has 1 N–H and O–H groups in total. The van der Waals surface area contributed by atoms with Crippen LogP contribution in [0.5, 0.6) is 0 Å². The largest absolute Gasteiger partial charge is 0.463 e. The van der Waals surface area contributed by atoms with Crippen LogP contribution in [0.3, 0.4) is 0 Å². The van der Waals surface area contributed by atoms with Crippen molar-refractivity contribution in [1.82, 2.24) is 0 Å². The van der Waals surface area contributed by atoms with E-state index >= 15 is 0 Å². The number of carbonyl (C=O) groups is 1. The average molecular weight is 202 g/mol. The molecule has 0 aromatic heterocycles. The van der Waals surface area contributed by atoms with Crippen LogP contribution in [-0.2, 0) is 9.53 Å². The fraction of sp³-hybridized carbons (Fsp3) is 0.909. The molecule has 3 heteroatoms. The molecule has 0 fully saturated rings. The van der Waals surface area contributed by atoms with Crippen LogP contribution in [0.2, 0.25) is 0 Å². The van der Waals surface area contributed by atoms with Crippen LogP contribution in [0, 0.1) is 0 Å². The second-order valence-corrected chi connectivity index (χ2v) is 4.43. The minimum Gasteiger partial charge on any atom is -0.463 e. The van der Waals surface area contributed by atoms with Gasteiger partial charge in [-0.25, -0.2) is 0 Å². The summed E-state index contributed by atoms with van der Waals surface area (Å²) in [5.41, 5.74) is -0.971. The van der Waals surface area contributed by atoms with E-state index in [9.17, 15) is 9.90 Å². The standard InChI is InChI=1S/C11H22O3/c1-5-6-7-9(2)14-10(12)8-11(3,4)13/h9,13H,5-8H2,1-4H3. The molecule has 0 aliphatic carbocycles. The molecule has 0 heterocycles. The third-order valence-electron chi connectivity index (χ3n) is 1.87. The zero-order chi connectivity index (χ0) is 11.2. The summed E-state index contributed by atoms with van der Waals surface area (Å²) >= 11 is 0. The Morgan fingerprint density at radius 1 is 1.50 bits per heavy atom. The van der Waals surface area contributed by atoms with Gasteiger partial charge in [0.1, 0.15) is 0 Å². The van der Waals surface area contributed by atoms with Crippen molar-refractivity contribution < 1.29 is 14.6 Å². The maximum atomic E-state index is 11.3. The van der Waals surface area contributed by atoms with E-state index in [4.69, 9.17) is 4.74 Å². The third kappa shape index (κ3) is 8.05. The predicted octanol–water partition coefficient (Wildman–Crippen LogP) is 2.27. The highest BCUT2D eigenvalue weighted by molar-refractivity contribution is 5.70. The molecule has 0 aliphatic rings. The Kier molecular flexibility index (Phi) is 5.77. The van der Waals surface area contributed by atoms with Gasteiger partial charge in [0.2, 0.25) is 0 Å². The van der Waals surface area contributed by atoms with Crippen LogP contribution < -0.4 is 0 Å². The van der Waals surface area contributed by atoms with Gasteiger partial charge in [0.15, 0.2) is 0 Å². The summed E-state index contributed by atoms with van der Waals surface area (Å²) in [7, 11) is 0. The Balaban J connectivity index is 3.71. The molecule has 0 aromatic rings. The number of rotatable bonds is 6. The van der Waals surface area contributed by atoms with E-state index in [-0.39, 0.29) is 18.5 Å². The SMILES string of the molecule is CCCCC(C)OC(=O)CC(C)(C)O. The van der Waals surface area contributed by atoms with Gasteiger partial charge in [-0.2, -0.15) is 0 Å². The summed E-state index contributed by atoms with van der Waals surface area (Å²) in [5.74, 6) is -0.318. The maximum Gasteiger partial charge on any atom is 0.308 e. The molecular formula is C11H22O3. The summed E-state index contributed by atoms with van der Waals surface area (Å²) in [6.07, 6.45) is 3.09. The zero-order valence-corrected chi connectivity index (χ0v) is 9.67. The van der Waals surface area contributed by atoms with Gasteiger partial charge in [-0.05, 0) is 27.2 Å². The second-order valence-electron chi connectivity index (χ2n) is 4.43. The lowest BCUT2D eigenvalue weighted by Gasteiger charge is -2.18. The quantitative estimate of drug-likeness (QED) is 0.672. The predicted molar refractivity (Wildman–Crippen MR) is 56.0 cm³/mol. The molecule has 0 saturated carbocycles. The van der Waals surface area contributed by atoms with E-state index in [1.165, 1.54) is 0 Å². The molecule has 0 bridgehead atoms. The number of ether oxygens (including phenoxy) is 1. The van der Waals surface area contributed by atoms with Crippen molar-refractivity contribution in [2.75, 3.05) is 0 Å². The van der Waals surface area contributed by atoms with Gasteiger partial charge in [-0.3, -0.25) is 4.79 Å². The van der Waals surface area contributed by atoms with E-state index in [0.29, 0.717) is 0 Å². The van der Waals surface area contributed by atoms with Crippen molar-refractivity contribution in [2.24, 2.45) is 0 Å². The van der Waals surface area contributed by atoms with Crippen molar-refractivity contribution in [1.29, 1.82) is 0 Å². The molecule has 1 unspecified atom stereocenters. The molecule has 0 radical (unpaired) electrons. The molecule has 0 spiro atoms. The topological polar surface area (TPSA) is 46.5 Å². The molecule has 0 saturated heterocycles. The molecule has 0 aromatic carbocycles. The Morgan fingerprint density at radius 2 is 2.07 bits per heavy atom. The smallest absolute Gasteiger partial charge is 0.308 e. The highest BCUT2D eigenvalue weighted by atomic mass is 16.5. The fourth-order valence-electron chi connectivity index (χ4n) is 1.17. The summed E-state index contributed by atoms with van der Waals surface area (Å²) in [5, 5.41) is 9.38. The van der Waals surface area contributed by atoms with Gasteiger partial charge >= 0.3 is 5.97 Å². The minimum atomic E-state index is -0.971. The first-order chi connectivity index (χ1) is 6.35. The first kappa shape index (κ1) is 13.4. The monoisotopic (exact) mass is 202 g/mol. The van der Waals surface area contributed by atoms with Crippen LogP contribution in [-0.4, -0.2) is 22.8 Å².